The van der Waals surface area contributed by atoms with Crippen LogP contribution in [0.1, 0.15) is 38.5 Å². The van der Waals surface area contributed by atoms with Crippen molar-refractivity contribution < 1.29 is 9.53 Å². The van der Waals surface area contributed by atoms with Gasteiger partial charge in [-0.15, -0.1) is 11.6 Å². The number of hydrogen-bond acceptors (Lipinski definition) is 2. The summed E-state index contributed by atoms with van der Waals surface area (Å²) < 4.78 is 4.94. The molecule has 4 aliphatic carbocycles. The van der Waals surface area contributed by atoms with E-state index in [2.05, 4.69) is 10.6 Å². The van der Waals surface area contributed by atoms with Crippen molar-refractivity contribution in [2.24, 2.45) is 11.8 Å². The summed E-state index contributed by atoms with van der Waals surface area (Å²) in [5, 5.41) is 6.07. The molecule has 2 atom stereocenters. The first-order chi connectivity index (χ1) is 9.03. The highest BCUT2D eigenvalue weighted by atomic mass is 35.5. The Kier molecular flexibility index (Phi) is 3.42. The maximum absolute atomic E-state index is 12.0. The number of amides is 2. The fraction of sp³-hybridized carbons (Fsp3) is 0.929. The van der Waals surface area contributed by atoms with Crippen LogP contribution in [0.15, 0.2) is 0 Å². The molecule has 4 aliphatic rings. The summed E-state index contributed by atoms with van der Waals surface area (Å²) in [6.07, 6.45) is 6.74. The third-order valence-electron chi connectivity index (χ3n) is 4.96. The first-order valence-corrected chi connectivity index (χ1v) is 7.64. The van der Waals surface area contributed by atoms with Gasteiger partial charge in [-0.25, -0.2) is 4.79 Å². The van der Waals surface area contributed by atoms with Gasteiger partial charge in [-0.1, -0.05) is 0 Å². The lowest BCUT2D eigenvalue weighted by Gasteiger charge is -2.60. The third-order valence-corrected chi connectivity index (χ3v) is 5.40. The van der Waals surface area contributed by atoms with E-state index < -0.39 is 0 Å². The van der Waals surface area contributed by atoms with Crippen LogP contribution in [-0.4, -0.2) is 36.7 Å². The van der Waals surface area contributed by atoms with Crippen molar-refractivity contribution in [3.63, 3.8) is 0 Å². The molecule has 0 heterocycles. The third kappa shape index (κ3) is 2.70. The molecule has 19 heavy (non-hydrogen) atoms. The van der Waals surface area contributed by atoms with Crippen molar-refractivity contribution >= 4 is 17.6 Å². The van der Waals surface area contributed by atoms with Crippen LogP contribution in [0.2, 0.25) is 0 Å². The van der Waals surface area contributed by atoms with Gasteiger partial charge in [0.25, 0.3) is 0 Å². The second kappa shape index (κ2) is 4.81. The molecule has 4 nitrogen and oxygen atoms in total. The van der Waals surface area contributed by atoms with E-state index >= 15 is 0 Å². The van der Waals surface area contributed by atoms with E-state index in [0.29, 0.717) is 25.0 Å². The number of halogens is 1. The van der Waals surface area contributed by atoms with Gasteiger partial charge in [0.2, 0.25) is 0 Å². The zero-order chi connectivity index (χ0) is 13.5. The first kappa shape index (κ1) is 13.5. The molecule has 0 radical (unpaired) electrons. The minimum absolute atomic E-state index is 0.0517. The van der Waals surface area contributed by atoms with Gasteiger partial charge < -0.3 is 15.4 Å². The number of urea groups is 1. The summed E-state index contributed by atoms with van der Waals surface area (Å²) in [4.78, 5) is 11.9. The summed E-state index contributed by atoms with van der Waals surface area (Å²) in [7, 11) is 1.63. The highest BCUT2D eigenvalue weighted by molar-refractivity contribution is 6.24. The number of alkyl halides is 1. The zero-order valence-corrected chi connectivity index (χ0v) is 12.3. The molecule has 108 valence electrons. The van der Waals surface area contributed by atoms with E-state index in [1.807, 2.05) is 0 Å². The highest BCUT2D eigenvalue weighted by Crippen LogP contribution is 2.59. The molecule has 2 unspecified atom stereocenters. The van der Waals surface area contributed by atoms with Crippen LogP contribution in [-0.2, 0) is 4.74 Å². The summed E-state index contributed by atoms with van der Waals surface area (Å²) in [6, 6.07) is -0.0701. The number of carbonyl (C=O) groups is 1. The van der Waals surface area contributed by atoms with Crippen molar-refractivity contribution in [1.29, 1.82) is 0 Å². The van der Waals surface area contributed by atoms with Crippen LogP contribution in [0.25, 0.3) is 0 Å². The molecule has 4 saturated carbocycles. The highest BCUT2D eigenvalue weighted by Gasteiger charge is 2.57. The van der Waals surface area contributed by atoms with Gasteiger partial charge in [0.15, 0.2) is 0 Å². The number of rotatable bonds is 4. The molecular formula is C14H23ClN2O2. The van der Waals surface area contributed by atoms with Gasteiger partial charge in [-0.2, -0.15) is 0 Å². The molecule has 0 aromatic rings. The number of nitrogens with one attached hydrogen (secondary N) is 2. The van der Waals surface area contributed by atoms with Gasteiger partial charge >= 0.3 is 6.03 Å². The molecule has 2 amide bonds. The van der Waals surface area contributed by atoms with Gasteiger partial charge in [0.05, 0.1) is 6.61 Å². The predicted molar refractivity (Wildman–Crippen MR) is 74.4 cm³/mol. The fourth-order valence-electron chi connectivity index (χ4n) is 4.85. The average Bonchev–Trinajstić information content (AvgIpc) is 2.24. The molecule has 5 heteroatoms. The van der Waals surface area contributed by atoms with E-state index in [1.165, 1.54) is 6.42 Å². The van der Waals surface area contributed by atoms with Crippen LogP contribution in [0.4, 0.5) is 4.79 Å². The van der Waals surface area contributed by atoms with E-state index in [9.17, 15) is 4.79 Å². The fourth-order valence-corrected chi connectivity index (χ4v) is 5.54. The summed E-state index contributed by atoms with van der Waals surface area (Å²) in [5.41, 5.74) is -0.0526. The average molecular weight is 287 g/mol. The van der Waals surface area contributed by atoms with Crippen molar-refractivity contribution in [1.82, 2.24) is 10.6 Å². The lowest BCUT2D eigenvalue weighted by atomic mass is 9.52. The number of hydrogen-bond donors (Lipinski definition) is 2. The van der Waals surface area contributed by atoms with Gasteiger partial charge in [-0.3, -0.25) is 0 Å². The van der Waals surface area contributed by atoms with Crippen molar-refractivity contribution in [2.75, 3.05) is 20.3 Å². The maximum atomic E-state index is 12.0. The maximum Gasteiger partial charge on any atom is 0.315 e. The Bertz CT molecular complexity index is 360. The van der Waals surface area contributed by atoms with Gasteiger partial charge in [0, 0.05) is 24.1 Å². The van der Waals surface area contributed by atoms with Crippen LogP contribution in [0.5, 0.6) is 0 Å². The summed E-state index contributed by atoms with van der Waals surface area (Å²) >= 11 is 6.74. The number of ether oxygens (including phenoxy) is 1. The topological polar surface area (TPSA) is 50.4 Å². The standard InChI is InChI=1S/C14H23ClN2O2/c1-19-3-2-16-12(18)17-14-7-10-4-11(8-14)6-13(15,5-10)9-14/h10-11H,2-9H2,1H3,(H2,16,17,18). The number of methoxy groups -OCH3 is 1. The molecule has 0 saturated heterocycles. The lowest BCUT2D eigenvalue weighted by molar-refractivity contribution is -0.000229. The monoisotopic (exact) mass is 286 g/mol. The SMILES string of the molecule is COCCNC(=O)NC12CC3CC(CC(Cl)(C3)C1)C2. The predicted octanol–water partition coefficient (Wildman–Crippen LogP) is 2.26. The van der Waals surface area contributed by atoms with E-state index in [1.54, 1.807) is 7.11 Å². The van der Waals surface area contributed by atoms with Crippen molar-refractivity contribution in [3.05, 3.63) is 0 Å². The summed E-state index contributed by atoms with van der Waals surface area (Å²) in [6.45, 7) is 1.10. The molecule has 0 aromatic carbocycles. The second-order valence-electron chi connectivity index (χ2n) is 6.77. The Hall–Kier alpha value is -0.480. The second-order valence-corrected chi connectivity index (χ2v) is 7.57. The van der Waals surface area contributed by atoms with Crippen LogP contribution in [0.3, 0.4) is 0 Å². The van der Waals surface area contributed by atoms with Crippen molar-refractivity contribution in [3.8, 4) is 0 Å². The van der Waals surface area contributed by atoms with Crippen molar-refractivity contribution in [2.45, 2.75) is 48.9 Å². The quantitative estimate of drug-likeness (QED) is 0.615. The molecule has 0 aliphatic heterocycles. The van der Waals surface area contributed by atoms with Gasteiger partial charge in [-0.05, 0) is 50.4 Å². The Labute approximate surface area is 119 Å². The molecule has 4 fully saturated rings. The Morgan fingerprint density at radius 3 is 2.58 bits per heavy atom. The lowest BCUT2D eigenvalue weighted by Crippen LogP contribution is -2.65. The smallest absolute Gasteiger partial charge is 0.315 e. The van der Waals surface area contributed by atoms with E-state index in [-0.39, 0.29) is 16.4 Å². The molecule has 4 rings (SSSR count). The minimum Gasteiger partial charge on any atom is -0.383 e. The summed E-state index contributed by atoms with van der Waals surface area (Å²) in [5.74, 6) is 1.41. The normalized spacial score (nSPS) is 43.3. The molecule has 4 bridgehead atoms. The Morgan fingerprint density at radius 1 is 1.32 bits per heavy atom. The first-order valence-electron chi connectivity index (χ1n) is 7.26. The number of carbonyl (C=O) groups excluding carboxylic acids is 1. The molecular weight excluding hydrogens is 264 g/mol. The Morgan fingerprint density at radius 2 is 2.00 bits per heavy atom. The van der Waals surface area contributed by atoms with Crippen LogP contribution < -0.4 is 10.6 Å². The Balaban J connectivity index is 1.62. The molecule has 0 spiro atoms. The minimum atomic E-state index is -0.0701. The zero-order valence-electron chi connectivity index (χ0n) is 11.5. The van der Waals surface area contributed by atoms with Crippen LogP contribution in [0, 0.1) is 11.8 Å². The van der Waals surface area contributed by atoms with Crippen LogP contribution >= 0.6 is 11.6 Å². The van der Waals surface area contributed by atoms with E-state index in [4.69, 9.17) is 16.3 Å². The van der Waals surface area contributed by atoms with Gasteiger partial charge in [0.1, 0.15) is 0 Å². The molecule has 0 aromatic heterocycles. The largest absolute Gasteiger partial charge is 0.383 e. The van der Waals surface area contributed by atoms with E-state index in [0.717, 1.165) is 32.1 Å². The molecule has 2 N–H and O–H groups in total.